The molecule has 6 atom stereocenters. The molecule has 0 aliphatic carbocycles. The normalized spacial score (nSPS) is 10.9. The number of ether oxygens (including phenoxy) is 3. The summed E-state index contributed by atoms with van der Waals surface area (Å²) < 4.78 is 55.7. The summed E-state index contributed by atoms with van der Waals surface area (Å²) in [5.41, 5.74) is 12.3. The summed E-state index contributed by atoms with van der Waals surface area (Å²) in [5, 5.41) is 23.3. The van der Waals surface area contributed by atoms with E-state index in [4.69, 9.17) is 30.9 Å². The van der Waals surface area contributed by atoms with Crippen LogP contribution in [0.4, 0.5) is 13.2 Å². The van der Waals surface area contributed by atoms with Crippen LogP contribution in [0.2, 0.25) is 5.02 Å². The summed E-state index contributed by atoms with van der Waals surface area (Å²) in [6, 6.07) is 99.2. The van der Waals surface area contributed by atoms with Crippen LogP contribution < -0.4 is 14.2 Å². The summed E-state index contributed by atoms with van der Waals surface area (Å²) in [7, 11) is 1.65. The van der Waals surface area contributed by atoms with Crippen LogP contribution in [0.5, 0.6) is 34.5 Å². The quantitative estimate of drug-likeness (QED) is 0.0208. The molecule has 1 aromatic heterocycles. The molecule has 6 unspecified atom stereocenters. The molecular weight excluding hydrogens is 2570 g/mol. The molecule has 3 N–H and O–H groups in total. The van der Waals surface area contributed by atoms with E-state index in [1.165, 1.54) is 67.3 Å². The van der Waals surface area contributed by atoms with Crippen molar-refractivity contribution >= 4 is 113 Å². The number of hydrogen-bond donors (Lipinski definition) is 3. The van der Waals surface area contributed by atoms with Gasteiger partial charge in [-0.25, -0.2) is 13.2 Å². The molecule has 0 fully saturated rings. The molecule has 0 aliphatic rings. The number of carbonyl (C=O) groups excluding carboxylic acids is 11. The van der Waals surface area contributed by atoms with Crippen LogP contribution in [0.25, 0.3) is 54.8 Å². The predicted octanol–water partition coefficient (Wildman–Crippen LogP) is 25.6. The van der Waals surface area contributed by atoms with Crippen LogP contribution in [-0.4, -0.2) is 90.6 Å². The Bertz CT molecular complexity index is 6800. The number of ketones is 1. The van der Waals surface area contributed by atoms with Crippen LogP contribution in [-0.2, 0) is 349 Å². The van der Waals surface area contributed by atoms with E-state index < -0.39 is 23.5 Å². The molecule has 731 valence electrons. The third-order valence-electron chi connectivity index (χ3n) is 21.1. The fourth-order valence-electron chi connectivity index (χ4n) is 13.3. The largest absolute Gasteiger partial charge is 0.565 e. The number of rotatable bonds is 25. The van der Waals surface area contributed by atoms with Gasteiger partial charge in [-0.2, -0.15) is 12.1 Å². The van der Waals surface area contributed by atoms with Crippen molar-refractivity contribution in [3.05, 3.63) is 429 Å². The van der Waals surface area contributed by atoms with E-state index in [2.05, 4.69) is 31.0 Å². The molecule has 9 radical (unpaired) electrons. The van der Waals surface area contributed by atoms with Crippen molar-refractivity contribution in [3.63, 3.8) is 0 Å². The minimum atomic E-state index is -0.729. The molecule has 147 heavy (non-hydrogen) atoms. The molecule has 17 nitrogen and oxygen atoms in total. The van der Waals surface area contributed by atoms with E-state index in [1.807, 2.05) is 260 Å². The second-order valence-electron chi connectivity index (χ2n) is 31.7. The molecule has 0 bridgehead atoms. The summed E-state index contributed by atoms with van der Waals surface area (Å²) in [6.07, 6.45) is 17.6. The molecular formula is C117H98ClF3NO16Y9-9. The van der Waals surface area contributed by atoms with Gasteiger partial charge < -0.3 is 72.6 Å². The van der Waals surface area contributed by atoms with E-state index in [0.29, 0.717) is 33.7 Å². The first-order valence-electron chi connectivity index (χ1n) is 43.5. The first kappa shape index (κ1) is 143. The number of methoxy groups -OCH3 is 1. The minimum absolute atomic E-state index is 0. The van der Waals surface area contributed by atoms with Gasteiger partial charge in [-0.3, -0.25) is 47.3 Å². The summed E-state index contributed by atoms with van der Waals surface area (Å²) in [5.74, 6) is -0.576. The fraction of sp³-hybridized carbons (Fsp3) is 0.154. The Labute approximate surface area is 1090 Å². The molecule has 16 rings (SSSR count). The summed E-state index contributed by atoms with van der Waals surface area (Å²) in [6.45, 7) is 16.5. The zero-order valence-corrected chi connectivity index (χ0v) is 109. The van der Waals surface area contributed by atoms with Gasteiger partial charge in [0.2, 0.25) is 0 Å². The van der Waals surface area contributed by atoms with Crippen molar-refractivity contribution in [3.8, 4) is 56.8 Å². The Morgan fingerprint density at radius 1 is 0.347 bits per heavy atom. The number of nitrogens with one attached hydrogen (secondary N) is 1. The SMILES string of the molecule is CC(=O)Oc1ccccc1[C-]=O.CC(C)Cc1ccc(C(C)[C-]=O)cc1.CC([C-]=O)c1ccc(-c2ccccc2)c(F)c1.CC([C-]=O)c1ccc2c(c1)[nH]c1ccc(Cl)cc12.CC([C-]=O)c1cccc(C(=O)c2ccccc2)c1.CC([C-]=O)c1cccc(Oc2ccccc2)c1.COc1ccc2cc(C(C)[C-]=O)ccc2c1.O=[C-]c1cc(-c2ccc(F)cc2F)ccc1O.O=[C-]c1ccccc1O.[Y].[Y].[Y].[Y].[Y].[Y].[Y].[Y].[Y]. The fourth-order valence-corrected chi connectivity index (χ4v) is 13.5. The maximum absolute atomic E-state index is 13.9. The van der Waals surface area contributed by atoms with Crippen molar-refractivity contribution < 1.29 is 385 Å². The molecule has 0 aliphatic heterocycles. The zero-order valence-electron chi connectivity index (χ0n) is 82.4. The standard InChI is InChI=1S/C16H13O2.C15H11ClNO.C15H12FO.C15H13O2.C14H13O2.C13H7F2O2.C13H17O.C9H7O3.C7H5O2.9Y/c1-12(11-17)14-8-5-9-15(10-14)16(18)13-6-3-2-4-7-13;1-9(8-18)10-2-4-12-13-7-11(16)3-5-14(13)17-15(12)6-10;1-11(10-17)13-7-8-14(15(16)9-13)12-5-3-2-4-6-12;1-12(11-16)13-6-5-9-15(10-13)17-14-7-3-2-4-8-14;1-10(9-15)11-3-4-13-8-14(16-2)6-5-12(13)7-11;14-10-2-3-11(12(15)6-10)8-1-4-13(17)9(5-8)7-16;1-10(2)8-12-4-6-13(7-5-12)11(3)9-14;1-7(11)12-9-5-3-2-4-8(9)6-10;8-5-6-3-1-2-4-7(6)9;;;;;;;;;/h2-10,12H,1H3;2-7,9,17H,1H3;2-9,11H,1H3;2-10,12H,1H3;3-8,10H,1-2H3;1-6,17H;4-7,10-11H,8H2,1-3H3;2-5H,1H3;1-4,9H;;;;;;;;;/q9*-1;;;;;;;;;. The number of esters is 1. The van der Waals surface area contributed by atoms with Crippen LogP contribution in [0.1, 0.15) is 169 Å². The van der Waals surface area contributed by atoms with Gasteiger partial charge in [-0.1, -0.05) is 324 Å². The molecule has 0 saturated heterocycles. The van der Waals surface area contributed by atoms with Gasteiger partial charge in [0.1, 0.15) is 34.7 Å². The number of halogens is 4. The van der Waals surface area contributed by atoms with E-state index in [1.54, 1.807) is 106 Å². The van der Waals surface area contributed by atoms with Crippen LogP contribution in [0, 0.1) is 23.4 Å². The number of para-hydroxylation sites is 3. The van der Waals surface area contributed by atoms with Gasteiger partial charge in [0.25, 0.3) is 5.97 Å². The number of H-pyrrole nitrogens is 1. The average Bonchev–Trinajstić information content (AvgIpc) is 1.63. The van der Waals surface area contributed by atoms with Gasteiger partial charge in [-0.05, 0) is 119 Å². The molecule has 1 heterocycles. The van der Waals surface area contributed by atoms with E-state index >= 15 is 0 Å². The van der Waals surface area contributed by atoms with E-state index in [9.17, 15) is 71.0 Å². The molecule has 0 saturated carbocycles. The topological polar surface area (TPSA) is 272 Å². The van der Waals surface area contributed by atoms with Gasteiger partial charge in [0.15, 0.2) is 5.78 Å². The smallest absolute Gasteiger partial charge is 0.296 e. The van der Waals surface area contributed by atoms with Crippen molar-refractivity contribution in [2.75, 3.05) is 7.11 Å². The maximum atomic E-state index is 13.9. The Hall–Kier alpha value is -6.25. The Balaban J connectivity index is 0. The number of aromatic amines is 1. The number of carbonyl (C=O) groups is 2. The minimum Gasteiger partial charge on any atom is -0.565 e. The second-order valence-corrected chi connectivity index (χ2v) is 32.1. The third-order valence-corrected chi connectivity index (χ3v) is 21.3. The number of phenols is 2. The van der Waals surface area contributed by atoms with Crippen LogP contribution in [0.3, 0.4) is 0 Å². The molecule has 0 spiro atoms. The number of fused-ring (bicyclic) bond motifs is 4. The Kier molecular flexibility index (Phi) is 74.9. The van der Waals surface area contributed by atoms with Crippen LogP contribution >= 0.6 is 11.6 Å². The van der Waals surface area contributed by atoms with Crippen LogP contribution in [0.15, 0.2) is 340 Å². The van der Waals surface area contributed by atoms with E-state index in [-0.39, 0.29) is 375 Å². The average molecular weight is 2670 g/mol. The predicted molar refractivity (Wildman–Crippen MR) is 536 cm³/mol. The van der Waals surface area contributed by atoms with Crippen molar-refractivity contribution in [1.29, 1.82) is 0 Å². The van der Waals surface area contributed by atoms with Gasteiger partial charge in [-0.15, -0.1) is 70.4 Å². The monoisotopic (exact) mass is 2660 g/mol. The van der Waals surface area contributed by atoms with Gasteiger partial charge in [0.05, 0.1) is 26.0 Å². The van der Waals surface area contributed by atoms with Gasteiger partial charge in [0, 0.05) is 374 Å². The molecule has 0 amide bonds. The van der Waals surface area contributed by atoms with Crippen molar-refractivity contribution in [2.45, 2.75) is 104 Å². The zero-order chi connectivity index (χ0) is 100. The Morgan fingerprint density at radius 2 is 0.789 bits per heavy atom. The first-order chi connectivity index (χ1) is 66.5. The first-order valence-corrected chi connectivity index (χ1v) is 43.9. The van der Waals surface area contributed by atoms with Crippen molar-refractivity contribution in [2.24, 2.45) is 5.92 Å². The number of aromatic nitrogens is 1. The molecule has 16 aromatic rings. The summed E-state index contributed by atoms with van der Waals surface area (Å²) >= 11 is 6.01. The van der Waals surface area contributed by atoms with Crippen molar-refractivity contribution in [1.82, 2.24) is 4.98 Å². The number of phenolic OH excluding ortho intramolecular Hbond substituents is 2. The number of benzene rings is 15. The second kappa shape index (κ2) is 77.1. The third kappa shape index (κ3) is 47.3. The summed E-state index contributed by atoms with van der Waals surface area (Å²) in [4.78, 5) is 120. The number of aromatic hydroxyl groups is 2. The maximum Gasteiger partial charge on any atom is 0.296 e. The molecule has 30 heteroatoms. The number of hydrogen-bond acceptors (Lipinski definition) is 16. The molecule has 15 aromatic carbocycles. The van der Waals surface area contributed by atoms with Gasteiger partial charge >= 0.3 is 0 Å². The Morgan fingerprint density at radius 3 is 1.33 bits per heavy atom. The van der Waals surface area contributed by atoms with E-state index in [0.717, 1.165) is 107 Å².